The number of aliphatic hydroxyl groups is 1. The summed E-state index contributed by atoms with van der Waals surface area (Å²) in [6.07, 6.45) is 4.72. The molecule has 1 aliphatic heterocycles. The first-order valence-corrected chi connectivity index (χ1v) is 11.1. The van der Waals surface area contributed by atoms with Gasteiger partial charge in [0.15, 0.2) is 5.76 Å². The van der Waals surface area contributed by atoms with E-state index in [1.165, 1.54) is 22.5 Å². The molecule has 1 N–H and O–H groups in total. The number of thiazole rings is 1. The smallest absolute Gasteiger partial charge is 0.290 e. The van der Waals surface area contributed by atoms with Gasteiger partial charge in [-0.1, -0.05) is 36.4 Å². The summed E-state index contributed by atoms with van der Waals surface area (Å²) in [6.45, 7) is 1.85. The molecule has 0 bridgehead atoms. The van der Waals surface area contributed by atoms with Gasteiger partial charge in [-0.05, 0) is 30.7 Å². The summed E-state index contributed by atoms with van der Waals surface area (Å²) >= 11 is 1.24. The van der Waals surface area contributed by atoms with Gasteiger partial charge >= 0.3 is 0 Å². The van der Waals surface area contributed by atoms with Crippen LogP contribution in [0.5, 0.6) is 0 Å². The van der Waals surface area contributed by atoms with Crippen molar-refractivity contribution < 1.29 is 19.1 Å². The van der Waals surface area contributed by atoms with Crippen molar-refractivity contribution in [2.75, 3.05) is 0 Å². The Bertz CT molecular complexity index is 1350. The van der Waals surface area contributed by atoms with Crippen molar-refractivity contribution in [3.05, 3.63) is 106 Å². The Balaban J connectivity index is 1.57. The third-order valence-electron chi connectivity index (χ3n) is 5.48. The molecule has 0 spiro atoms. The van der Waals surface area contributed by atoms with Crippen LogP contribution in [0.1, 0.15) is 32.7 Å². The van der Waals surface area contributed by atoms with Crippen molar-refractivity contribution in [1.29, 1.82) is 0 Å². The van der Waals surface area contributed by atoms with Crippen LogP contribution in [0.2, 0.25) is 0 Å². The molecule has 8 heteroatoms. The third kappa shape index (κ3) is 3.74. The molecule has 0 fully saturated rings. The maximum absolute atomic E-state index is 13.7. The van der Waals surface area contributed by atoms with Gasteiger partial charge in [-0.3, -0.25) is 14.6 Å². The predicted molar refractivity (Wildman–Crippen MR) is 123 cm³/mol. The number of hydrogen-bond donors (Lipinski definition) is 1. The van der Waals surface area contributed by atoms with E-state index in [-0.39, 0.29) is 12.1 Å². The lowest BCUT2D eigenvalue weighted by atomic mass is 9.96. The lowest BCUT2D eigenvalue weighted by Gasteiger charge is -2.25. The summed E-state index contributed by atoms with van der Waals surface area (Å²) in [5.74, 6) is -1.07. The molecule has 5 rings (SSSR count). The number of nitrogens with zero attached hydrogens (tertiary/aromatic N) is 3. The minimum atomic E-state index is -0.800. The fourth-order valence-electron chi connectivity index (χ4n) is 3.94. The third-order valence-corrected chi connectivity index (χ3v) is 6.68. The first-order chi connectivity index (χ1) is 16.0. The van der Waals surface area contributed by atoms with Crippen LogP contribution in [-0.2, 0) is 11.3 Å². The SMILES string of the molecule is Cc1nc(-c2ccccc2)sc1C(=O)C1=C(O)C(=O)N(Cc2ccco2)C1c1cccnc1. The number of pyridine rings is 1. The van der Waals surface area contributed by atoms with Gasteiger partial charge in [0, 0.05) is 18.0 Å². The van der Waals surface area contributed by atoms with Crippen LogP contribution in [0.4, 0.5) is 0 Å². The molecule has 0 saturated heterocycles. The highest BCUT2D eigenvalue weighted by Gasteiger charge is 2.45. The molecule has 164 valence electrons. The zero-order valence-electron chi connectivity index (χ0n) is 17.6. The van der Waals surface area contributed by atoms with E-state index < -0.39 is 23.5 Å². The molecule has 1 atom stereocenters. The number of aryl methyl sites for hydroxylation is 1. The summed E-state index contributed by atoms with van der Waals surface area (Å²) in [5.41, 5.74) is 2.08. The van der Waals surface area contributed by atoms with Crippen LogP contribution >= 0.6 is 11.3 Å². The van der Waals surface area contributed by atoms with Gasteiger partial charge in [-0.15, -0.1) is 11.3 Å². The second kappa shape index (κ2) is 8.48. The summed E-state index contributed by atoms with van der Waals surface area (Å²) in [4.78, 5) is 37.3. The topological polar surface area (TPSA) is 96.5 Å². The average Bonchev–Trinajstić information content (AvgIpc) is 3.55. The molecule has 1 aliphatic rings. The fraction of sp³-hybridized carbons (Fsp3) is 0.120. The maximum atomic E-state index is 13.7. The van der Waals surface area contributed by atoms with E-state index in [1.54, 1.807) is 43.6 Å². The Kier molecular flexibility index (Phi) is 5.35. The molecule has 1 amide bonds. The van der Waals surface area contributed by atoms with Crippen molar-refractivity contribution in [2.24, 2.45) is 0 Å². The molecule has 0 radical (unpaired) electrons. The quantitative estimate of drug-likeness (QED) is 0.414. The monoisotopic (exact) mass is 457 g/mol. The molecule has 0 saturated carbocycles. The Morgan fingerprint density at radius 3 is 2.67 bits per heavy atom. The molecule has 1 unspecified atom stereocenters. The number of carbonyl (C=O) groups is 2. The van der Waals surface area contributed by atoms with Gasteiger partial charge in [0.2, 0.25) is 5.78 Å². The Hall–Kier alpha value is -4.04. The maximum Gasteiger partial charge on any atom is 0.290 e. The lowest BCUT2D eigenvalue weighted by molar-refractivity contribution is -0.130. The number of benzene rings is 1. The minimum Gasteiger partial charge on any atom is -0.503 e. The van der Waals surface area contributed by atoms with Gasteiger partial charge in [-0.25, -0.2) is 4.98 Å². The number of Topliss-reactive ketones (excluding diaryl/α,β-unsaturated/α-hetero) is 1. The molecule has 33 heavy (non-hydrogen) atoms. The number of aromatic nitrogens is 2. The van der Waals surface area contributed by atoms with Crippen LogP contribution in [0.3, 0.4) is 0 Å². The van der Waals surface area contributed by atoms with Gasteiger partial charge in [0.1, 0.15) is 10.8 Å². The van der Waals surface area contributed by atoms with Crippen LogP contribution in [0.15, 0.2) is 89.0 Å². The Labute approximate surface area is 193 Å². The van der Waals surface area contributed by atoms with E-state index in [9.17, 15) is 14.7 Å². The number of aliphatic hydroxyl groups excluding tert-OH is 1. The van der Waals surface area contributed by atoms with Crippen molar-refractivity contribution in [2.45, 2.75) is 19.5 Å². The number of hydrogen-bond acceptors (Lipinski definition) is 7. The second-order valence-corrected chi connectivity index (χ2v) is 8.59. The normalized spacial score (nSPS) is 16.0. The number of carbonyl (C=O) groups excluding carboxylic acids is 2. The van der Waals surface area contributed by atoms with E-state index in [2.05, 4.69) is 9.97 Å². The first-order valence-electron chi connectivity index (χ1n) is 10.3. The summed E-state index contributed by atoms with van der Waals surface area (Å²) < 4.78 is 5.41. The van der Waals surface area contributed by atoms with E-state index >= 15 is 0 Å². The Morgan fingerprint density at radius 1 is 1.15 bits per heavy atom. The van der Waals surface area contributed by atoms with Crippen molar-refractivity contribution in [1.82, 2.24) is 14.9 Å². The van der Waals surface area contributed by atoms with Crippen LogP contribution in [0, 0.1) is 6.92 Å². The van der Waals surface area contributed by atoms with E-state index in [0.29, 0.717) is 26.9 Å². The minimum absolute atomic E-state index is 0.0194. The highest BCUT2D eigenvalue weighted by Crippen LogP contribution is 2.41. The zero-order chi connectivity index (χ0) is 22.9. The molecule has 0 aliphatic carbocycles. The summed E-state index contributed by atoms with van der Waals surface area (Å²) in [5, 5.41) is 11.5. The van der Waals surface area contributed by atoms with Crippen LogP contribution < -0.4 is 0 Å². The Morgan fingerprint density at radius 2 is 1.97 bits per heavy atom. The highest BCUT2D eigenvalue weighted by molar-refractivity contribution is 7.17. The molecular weight excluding hydrogens is 438 g/mol. The molecule has 3 aromatic heterocycles. The molecule has 4 aromatic rings. The van der Waals surface area contributed by atoms with Crippen molar-refractivity contribution in [3.63, 3.8) is 0 Å². The summed E-state index contributed by atoms with van der Waals surface area (Å²) in [7, 11) is 0. The largest absolute Gasteiger partial charge is 0.503 e. The first kappa shape index (κ1) is 20.8. The van der Waals surface area contributed by atoms with Crippen LogP contribution in [-0.4, -0.2) is 31.7 Å². The van der Waals surface area contributed by atoms with Crippen molar-refractivity contribution >= 4 is 23.0 Å². The van der Waals surface area contributed by atoms with Gasteiger partial charge in [0.25, 0.3) is 5.91 Å². The fourth-order valence-corrected chi connectivity index (χ4v) is 4.96. The van der Waals surface area contributed by atoms with Gasteiger partial charge < -0.3 is 14.4 Å². The van der Waals surface area contributed by atoms with E-state index in [0.717, 1.165) is 5.56 Å². The second-order valence-electron chi connectivity index (χ2n) is 7.59. The standard InChI is InChI=1S/C25H19N3O4S/c1-15-23(33-24(27-15)16-7-3-2-4-8-16)21(29)19-20(17-9-5-11-26-13-17)28(25(31)22(19)30)14-18-10-6-12-32-18/h2-13,20,30H,14H2,1H3. The van der Waals surface area contributed by atoms with Gasteiger partial charge in [0.05, 0.1) is 35.0 Å². The number of amides is 1. The van der Waals surface area contributed by atoms with Crippen molar-refractivity contribution in [3.8, 4) is 10.6 Å². The number of rotatable bonds is 6. The zero-order valence-corrected chi connectivity index (χ0v) is 18.5. The number of ketones is 1. The van der Waals surface area contributed by atoms with E-state index in [1.807, 2.05) is 30.3 Å². The van der Waals surface area contributed by atoms with Gasteiger partial charge in [-0.2, -0.15) is 0 Å². The van der Waals surface area contributed by atoms with Crippen LogP contribution in [0.25, 0.3) is 10.6 Å². The lowest BCUT2D eigenvalue weighted by Crippen LogP contribution is -2.30. The predicted octanol–water partition coefficient (Wildman–Crippen LogP) is 4.89. The highest BCUT2D eigenvalue weighted by atomic mass is 32.1. The molecule has 1 aromatic carbocycles. The molecule has 4 heterocycles. The van der Waals surface area contributed by atoms with E-state index in [4.69, 9.17) is 4.42 Å². The summed E-state index contributed by atoms with van der Waals surface area (Å²) in [6, 6.07) is 15.7. The molecular formula is C25H19N3O4S. The number of furan rings is 1. The molecule has 7 nitrogen and oxygen atoms in total. The average molecular weight is 458 g/mol.